The molecular formula is C17H21NO3S. The van der Waals surface area contributed by atoms with Gasteiger partial charge in [-0.1, -0.05) is 45.0 Å². The largest absolute Gasteiger partial charge is 0.618 e. The lowest BCUT2D eigenvalue weighted by molar-refractivity contribution is -0.646. The van der Waals surface area contributed by atoms with Crippen molar-refractivity contribution in [3.8, 4) is 0 Å². The summed E-state index contributed by atoms with van der Waals surface area (Å²) in [4.78, 5) is 0. The normalized spacial score (nSPS) is 12.3. The van der Waals surface area contributed by atoms with Gasteiger partial charge in [-0.05, 0) is 29.0 Å². The monoisotopic (exact) mass is 319 g/mol. The van der Waals surface area contributed by atoms with Crippen molar-refractivity contribution < 1.29 is 13.1 Å². The Kier molecular flexibility index (Phi) is 4.56. The molecule has 1 aromatic heterocycles. The summed E-state index contributed by atoms with van der Waals surface area (Å²) in [6.07, 6.45) is 2.12. The molecule has 0 saturated heterocycles. The standard InChI is InChI=1S/C17H21NO3S/c1-17(2,3)12-14-7-9-15(10-8-14)13-22(20,21)16-6-4-5-11-18(16)19/h4-11H,12-13H2,1-3H3. The second kappa shape index (κ2) is 6.08. The molecule has 0 aliphatic rings. The third-order valence-electron chi connectivity index (χ3n) is 3.22. The Morgan fingerprint density at radius 2 is 1.59 bits per heavy atom. The average molecular weight is 319 g/mol. The van der Waals surface area contributed by atoms with E-state index in [0.717, 1.165) is 6.42 Å². The Bertz CT molecular complexity index is 744. The fraction of sp³-hybridized carbons (Fsp3) is 0.353. The predicted molar refractivity (Wildman–Crippen MR) is 85.9 cm³/mol. The lowest BCUT2D eigenvalue weighted by Gasteiger charge is -2.18. The van der Waals surface area contributed by atoms with Gasteiger partial charge in [-0.15, -0.1) is 0 Å². The van der Waals surface area contributed by atoms with Crippen LogP contribution < -0.4 is 4.73 Å². The maximum absolute atomic E-state index is 12.3. The number of benzene rings is 1. The molecule has 0 N–H and O–H groups in total. The zero-order valence-electron chi connectivity index (χ0n) is 13.1. The zero-order valence-corrected chi connectivity index (χ0v) is 13.9. The molecule has 4 nitrogen and oxygen atoms in total. The number of rotatable bonds is 4. The molecule has 0 amide bonds. The summed E-state index contributed by atoms with van der Waals surface area (Å²) in [6.45, 7) is 6.48. The Hall–Kier alpha value is -1.88. The fourth-order valence-corrected chi connectivity index (χ4v) is 3.71. The first-order valence-electron chi connectivity index (χ1n) is 7.16. The molecule has 0 fully saturated rings. The van der Waals surface area contributed by atoms with Crippen molar-refractivity contribution in [3.05, 3.63) is 65.0 Å². The molecule has 5 heteroatoms. The van der Waals surface area contributed by atoms with E-state index in [1.54, 1.807) is 6.07 Å². The molecule has 2 rings (SSSR count). The van der Waals surface area contributed by atoms with Gasteiger partial charge in [-0.3, -0.25) is 0 Å². The highest BCUT2D eigenvalue weighted by molar-refractivity contribution is 7.90. The molecule has 0 radical (unpaired) electrons. The van der Waals surface area contributed by atoms with Crippen LogP contribution in [0.4, 0.5) is 0 Å². The lowest BCUT2D eigenvalue weighted by atomic mass is 9.88. The summed E-state index contributed by atoms with van der Waals surface area (Å²) in [5.74, 6) is -0.172. The van der Waals surface area contributed by atoms with E-state index in [0.29, 0.717) is 10.3 Å². The molecule has 0 saturated carbocycles. The molecule has 1 aromatic carbocycles. The summed E-state index contributed by atoms with van der Waals surface area (Å²) < 4.78 is 25.0. The van der Waals surface area contributed by atoms with Crippen molar-refractivity contribution in [1.29, 1.82) is 0 Å². The van der Waals surface area contributed by atoms with E-state index in [2.05, 4.69) is 20.8 Å². The predicted octanol–water partition coefficient (Wildman–Crippen LogP) is 2.88. The van der Waals surface area contributed by atoms with Crippen molar-refractivity contribution in [3.63, 3.8) is 0 Å². The molecular weight excluding hydrogens is 298 g/mol. The highest BCUT2D eigenvalue weighted by atomic mass is 32.2. The van der Waals surface area contributed by atoms with Gasteiger partial charge in [0.25, 0.3) is 0 Å². The van der Waals surface area contributed by atoms with Crippen LogP contribution in [0.1, 0.15) is 31.9 Å². The first kappa shape index (κ1) is 16.5. The highest BCUT2D eigenvalue weighted by Gasteiger charge is 2.23. The summed E-state index contributed by atoms with van der Waals surface area (Å²) in [6, 6.07) is 11.9. The van der Waals surface area contributed by atoms with Crippen LogP contribution in [0.5, 0.6) is 0 Å². The van der Waals surface area contributed by atoms with Gasteiger partial charge in [-0.25, -0.2) is 8.42 Å². The second-order valence-electron chi connectivity index (χ2n) is 6.68. The van der Waals surface area contributed by atoms with Crippen LogP contribution in [0.15, 0.2) is 53.7 Å². The summed E-state index contributed by atoms with van der Waals surface area (Å²) in [7, 11) is -3.64. The Morgan fingerprint density at radius 1 is 1.00 bits per heavy atom. The summed E-state index contributed by atoms with van der Waals surface area (Å²) in [5, 5.41) is 11.4. The van der Waals surface area contributed by atoms with Crippen LogP contribution in [0.3, 0.4) is 0 Å². The minimum absolute atomic E-state index is 0.172. The van der Waals surface area contributed by atoms with Crippen LogP contribution in [0.25, 0.3) is 0 Å². The molecule has 0 spiro atoms. The number of pyridine rings is 1. The van der Waals surface area contributed by atoms with Crippen molar-refractivity contribution in [2.45, 2.75) is 38.0 Å². The summed E-state index contributed by atoms with van der Waals surface area (Å²) in [5.41, 5.74) is 2.04. The number of hydrogen-bond donors (Lipinski definition) is 0. The molecule has 0 aliphatic heterocycles. The van der Waals surface area contributed by atoms with E-state index in [1.165, 1.54) is 23.9 Å². The van der Waals surface area contributed by atoms with Crippen molar-refractivity contribution >= 4 is 9.84 Å². The molecule has 0 unspecified atom stereocenters. The van der Waals surface area contributed by atoms with Gasteiger partial charge >= 0.3 is 5.03 Å². The van der Waals surface area contributed by atoms with Crippen LogP contribution in [-0.4, -0.2) is 8.42 Å². The zero-order chi connectivity index (χ0) is 16.4. The molecule has 0 atom stereocenters. The maximum atomic E-state index is 12.3. The molecule has 0 bridgehead atoms. The third-order valence-corrected chi connectivity index (χ3v) is 4.89. The lowest BCUT2D eigenvalue weighted by Crippen LogP contribution is -2.33. The van der Waals surface area contributed by atoms with Gasteiger partial charge in [0, 0.05) is 12.1 Å². The Morgan fingerprint density at radius 3 is 2.14 bits per heavy atom. The molecule has 22 heavy (non-hydrogen) atoms. The van der Waals surface area contributed by atoms with Gasteiger partial charge in [0.2, 0.25) is 9.84 Å². The van der Waals surface area contributed by atoms with Gasteiger partial charge in [0.15, 0.2) is 6.20 Å². The van der Waals surface area contributed by atoms with Gasteiger partial charge < -0.3 is 5.21 Å². The number of sulfone groups is 1. The average Bonchev–Trinajstić information content (AvgIpc) is 2.39. The maximum Gasteiger partial charge on any atom is 0.308 e. The van der Waals surface area contributed by atoms with E-state index in [1.807, 2.05) is 24.3 Å². The molecule has 2 aromatic rings. The number of hydrogen-bond acceptors (Lipinski definition) is 3. The SMILES string of the molecule is CC(C)(C)Cc1ccc(CS(=O)(=O)c2cccc[n+]2[O-])cc1. The first-order valence-corrected chi connectivity index (χ1v) is 8.81. The molecule has 1 heterocycles. The minimum Gasteiger partial charge on any atom is -0.618 e. The van der Waals surface area contributed by atoms with E-state index in [-0.39, 0.29) is 16.2 Å². The third kappa shape index (κ3) is 4.31. The Labute approximate surface area is 131 Å². The van der Waals surface area contributed by atoms with E-state index in [4.69, 9.17) is 0 Å². The van der Waals surface area contributed by atoms with Crippen molar-refractivity contribution in [2.24, 2.45) is 5.41 Å². The van der Waals surface area contributed by atoms with E-state index in [9.17, 15) is 13.6 Å². The van der Waals surface area contributed by atoms with Crippen LogP contribution in [-0.2, 0) is 22.0 Å². The Balaban J connectivity index is 2.19. The number of nitrogens with zero attached hydrogens (tertiary/aromatic N) is 1. The van der Waals surface area contributed by atoms with Crippen molar-refractivity contribution in [1.82, 2.24) is 0 Å². The van der Waals surface area contributed by atoms with Crippen LogP contribution in [0.2, 0.25) is 0 Å². The minimum atomic E-state index is -3.64. The molecule has 0 aliphatic carbocycles. The van der Waals surface area contributed by atoms with E-state index >= 15 is 0 Å². The van der Waals surface area contributed by atoms with Crippen LogP contribution in [0, 0.1) is 10.6 Å². The first-order chi connectivity index (χ1) is 10.2. The fourth-order valence-electron chi connectivity index (χ4n) is 2.31. The highest BCUT2D eigenvalue weighted by Crippen LogP contribution is 2.21. The number of aromatic nitrogens is 1. The van der Waals surface area contributed by atoms with E-state index < -0.39 is 9.84 Å². The van der Waals surface area contributed by atoms with Crippen molar-refractivity contribution in [2.75, 3.05) is 0 Å². The van der Waals surface area contributed by atoms with Gasteiger partial charge in [0.1, 0.15) is 0 Å². The summed E-state index contributed by atoms with van der Waals surface area (Å²) >= 11 is 0. The molecule has 118 valence electrons. The smallest absolute Gasteiger partial charge is 0.308 e. The van der Waals surface area contributed by atoms with Gasteiger partial charge in [-0.2, -0.15) is 4.73 Å². The topological polar surface area (TPSA) is 61.1 Å². The van der Waals surface area contributed by atoms with Gasteiger partial charge in [0.05, 0.1) is 5.75 Å². The second-order valence-corrected chi connectivity index (χ2v) is 8.61. The quantitative estimate of drug-likeness (QED) is 0.643. The van der Waals surface area contributed by atoms with Crippen LogP contribution >= 0.6 is 0 Å².